The molecule has 1 N–H and O–H groups in total. The van der Waals surface area contributed by atoms with Gasteiger partial charge in [0.25, 0.3) is 0 Å². The van der Waals surface area contributed by atoms with Crippen LogP contribution in [0.2, 0.25) is 5.02 Å². The van der Waals surface area contributed by atoms with E-state index in [9.17, 15) is 4.79 Å². The van der Waals surface area contributed by atoms with Crippen LogP contribution in [0.4, 0.5) is 5.69 Å². The van der Waals surface area contributed by atoms with Crippen LogP contribution in [0.15, 0.2) is 30.9 Å². The van der Waals surface area contributed by atoms with Gasteiger partial charge in [-0.1, -0.05) is 17.7 Å². The molecular weight excluding hydrogens is 330 g/mol. The first-order valence-corrected chi connectivity index (χ1v) is 8.25. The standard InChI is InChI=1S/C16H20ClN5O2/c1-12(22-11-18-10-19-22)16(23)20-14-3-2-13(15(17)8-14)9-21-4-6-24-7-5-21/h2-3,8,10-12H,4-7,9H2,1H3,(H,20,23)/t12-/m1/s1. The molecule has 1 fully saturated rings. The minimum Gasteiger partial charge on any atom is -0.379 e. The highest BCUT2D eigenvalue weighted by Crippen LogP contribution is 2.23. The molecule has 1 saturated heterocycles. The number of nitrogens with zero attached hydrogens (tertiary/aromatic N) is 4. The number of hydrogen-bond acceptors (Lipinski definition) is 5. The Morgan fingerprint density at radius 2 is 2.21 bits per heavy atom. The van der Waals surface area contributed by atoms with E-state index in [0.29, 0.717) is 10.7 Å². The number of hydrogen-bond donors (Lipinski definition) is 1. The molecule has 7 nitrogen and oxygen atoms in total. The van der Waals surface area contributed by atoms with Crippen molar-refractivity contribution < 1.29 is 9.53 Å². The Hall–Kier alpha value is -1.96. The van der Waals surface area contributed by atoms with Gasteiger partial charge in [-0.15, -0.1) is 0 Å². The summed E-state index contributed by atoms with van der Waals surface area (Å²) in [6, 6.07) is 5.16. The summed E-state index contributed by atoms with van der Waals surface area (Å²) >= 11 is 6.37. The second kappa shape index (κ2) is 7.74. The fraction of sp³-hybridized carbons (Fsp3) is 0.438. The third-order valence-corrected chi connectivity index (χ3v) is 4.38. The zero-order valence-corrected chi connectivity index (χ0v) is 14.2. The van der Waals surface area contributed by atoms with E-state index >= 15 is 0 Å². The normalized spacial score (nSPS) is 16.8. The molecule has 2 heterocycles. The van der Waals surface area contributed by atoms with Crippen molar-refractivity contribution in [2.45, 2.75) is 19.5 Å². The lowest BCUT2D eigenvalue weighted by Crippen LogP contribution is -2.35. The quantitative estimate of drug-likeness (QED) is 0.893. The van der Waals surface area contributed by atoms with Crippen LogP contribution in [0.5, 0.6) is 0 Å². The lowest BCUT2D eigenvalue weighted by Gasteiger charge is -2.27. The van der Waals surface area contributed by atoms with E-state index in [2.05, 4.69) is 20.3 Å². The molecule has 2 aromatic rings. The second-order valence-electron chi connectivity index (χ2n) is 5.74. The Kier molecular flexibility index (Phi) is 5.44. The van der Waals surface area contributed by atoms with Gasteiger partial charge in [0.1, 0.15) is 18.7 Å². The number of benzene rings is 1. The molecule has 1 amide bonds. The molecular formula is C16H20ClN5O2. The molecule has 128 valence electrons. The number of morpholine rings is 1. The Bertz CT molecular complexity index is 686. The molecule has 1 aromatic carbocycles. The van der Waals surface area contributed by atoms with Crippen molar-refractivity contribution in [2.24, 2.45) is 0 Å². The number of carbonyl (C=O) groups is 1. The summed E-state index contributed by atoms with van der Waals surface area (Å²) in [6.45, 7) is 5.87. The fourth-order valence-electron chi connectivity index (χ4n) is 2.54. The topological polar surface area (TPSA) is 72.3 Å². The number of nitrogens with one attached hydrogen (secondary N) is 1. The van der Waals surface area contributed by atoms with Gasteiger partial charge in [0, 0.05) is 30.3 Å². The van der Waals surface area contributed by atoms with Gasteiger partial charge >= 0.3 is 0 Å². The summed E-state index contributed by atoms with van der Waals surface area (Å²) in [7, 11) is 0. The van der Waals surface area contributed by atoms with E-state index in [-0.39, 0.29) is 5.91 Å². The van der Waals surface area contributed by atoms with Crippen LogP contribution >= 0.6 is 11.6 Å². The molecule has 1 aliphatic rings. The van der Waals surface area contributed by atoms with E-state index in [0.717, 1.165) is 38.4 Å². The highest BCUT2D eigenvalue weighted by atomic mass is 35.5. The molecule has 1 atom stereocenters. The summed E-state index contributed by atoms with van der Waals surface area (Å²) in [5.74, 6) is -0.169. The fourth-order valence-corrected chi connectivity index (χ4v) is 2.78. The molecule has 3 rings (SSSR count). The van der Waals surface area contributed by atoms with Crippen LogP contribution in [-0.2, 0) is 16.1 Å². The minimum absolute atomic E-state index is 0.169. The highest BCUT2D eigenvalue weighted by Gasteiger charge is 2.17. The van der Waals surface area contributed by atoms with Gasteiger partial charge in [0.15, 0.2) is 0 Å². The molecule has 0 aliphatic carbocycles. The molecule has 0 radical (unpaired) electrons. The van der Waals surface area contributed by atoms with Gasteiger partial charge in [0.2, 0.25) is 5.91 Å². The van der Waals surface area contributed by atoms with Crippen molar-refractivity contribution in [3.05, 3.63) is 41.4 Å². The van der Waals surface area contributed by atoms with Gasteiger partial charge < -0.3 is 10.1 Å². The Morgan fingerprint density at radius 3 is 2.88 bits per heavy atom. The minimum atomic E-state index is -0.445. The number of halogens is 1. The SMILES string of the molecule is C[C@H](C(=O)Nc1ccc(CN2CCOCC2)c(Cl)c1)n1cncn1. The van der Waals surface area contributed by atoms with Crippen molar-refractivity contribution in [1.29, 1.82) is 0 Å². The van der Waals surface area contributed by atoms with Crippen molar-refractivity contribution >= 4 is 23.2 Å². The molecule has 0 bridgehead atoms. The van der Waals surface area contributed by atoms with E-state index in [1.54, 1.807) is 13.0 Å². The third kappa shape index (κ3) is 4.11. The van der Waals surface area contributed by atoms with Gasteiger partial charge in [-0.3, -0.25) is 9.69 Å². The van der Waals surface area contributed by atoms with Crippen LogP contribution in [-0.4, -0.2) is 51.9 Å². The number of carbonyl (C=O) groups excluding carboxylic acids is 1. The number of rotatable bonds is 5. The predicted molar refractivity (Wildman–Crippen MR) is 90.9 cm³/mol. The first-order valence-electron chi connectivity index (χ1n) is 7.87. The first-order chi connectivity index (χ1) is 11.6. The second-order valence-corrected chi connectivity index (χ2v) is 6.14. The van der Waals surface area contributed by atoms with Gasteiger partial charge in [-0.25, -0.2) is 9.67 Å². The zero-order chi connectivity index (χ0) is 16.9. The van der Waals surface area contributed by atoms with Crippen molar-refractivity contribution in [3.63, 3.8) is 0 Å². The Balaban J connectivity index is 1.62. The van der Waals surface area contributed by atoms with Gasteiger partial charge in [-0.2, -0.15) is 5.10 Å². The van der Waals surface area contributed by atoms with Gasteiger partial charge in [0.05, 0.1) is 13.2 Å². The lowest BCUT2D eigenvalue weighted by atomic mass is 10.1. The van der Waals surface area contributed by atoms with Crippen LogP contribution in [0, 0.1) is 0 Å². The van der Waals surface area contributed by atoms with E-state index in [4.69, 9.17) is 16.3 Å². The predicted octanol–water partition coefficient (Wildman–Crippen LogP) is 1.96. The highest BCUT2D eigenvalue weighted by molar-refractivity contribution is 6.31. The maximum Gasteiger partial charge on any atom is 0.249 e. The Labute approximate surface area is 145 Å². The molecule has 0 saturated carbocycles. The smallest absolute Gasteiger partial charge is 0.249 e. The molecule has 0 unspecified atom stereocenters. The molecule has 1 aliphatic heterocycles. The third-order valence-electron chi connectivity index (χ3n) is 4.03. The summed E-state index contributed by atoms with van der Waals surface area (Å²) in [4.78, 5) is 18.4. The van der Waals surface area contributed by atoms with Crippen LogP contribution in [0.1, 0.15) is 18.5 Å². The average molecular weight is 350 g/mol. The van der Waals surface area contributed by atoms with Crippen LogP contribution in [0.3, 0.4) is 0 Å². The average Bonchev–Trinajstić information content (AvgIpc) is 3.12. The molecule has 24 heavy (non-hydrogen) atoms. The first kappa shape index (κ1) is 16.9. The summed E-state index contributed by atoms with van der Waals surface area (Å²) < 4.78 is 6.85. The van der Waals surface area contributed by atoms with Crippen molar-refractivity contribution in [2.75, 3.05) is 31.6 Å². The van der Waals surface area contributed by atoms with E-state index < -0.39 is 6.04 Å². The lowest BCUT2D eigenvalue weighted by molar-refractivity contribution is -0.119. The Morgan fingerprint density at radius 1 is 1.42 bits per heavy atom. The van der Waals surface area contributed by atoms with Gasteiger partial charge in [-0.05, 0) is 24.6 Å². The number of anilines is 1. The maximum atomic E-state index is 12.3. The summed E-state index contributed by atoms with van der Waals surface area (Å²) in [5, 5.41) is 7.48. The monoisotopic (exact) mass is 349 g/mol. The molecule has 8 heteroatoms. The molecule has 1 aromatic heterocycles. The van der Waals surface area contributed by atoms with E-state index in [1.807, 2.05) is 12.1 Å². The molecule has 0 spiro atoms. The summed E-state index contributed by atoms with van der Waals surface area (Å²) in [6.07, 6.45) is 2.92. The number of ether oxygens (including phenoxy) is 1. The van der Waals surface area contributed by atoms with Crippen LogP contribution < -0.4 is 5.32 Å². The number of amides is 1. The largest absolute Gasteiger partial charge is 0.379 e. The van der Waals surface area contributed by atoms with E-state index in [1.165, 1.54) is 17.3 Å². The maximum absolute atomic E-state index is 12.3. The van der Waals surface area contributed by atoms with Crippen molar-refractivity contribution in [1.82, 2.24) is 19.7 Å². The van der Waals surface area contributed by atoms with Crippen LogP contribution in [0.25, 0.3) is 0 Å². The zero-order valence-electron chi connectivity index (χ0n) is 13.5. The number of aromatic nitrogens is 3. The summed E-state index contributed by atoms with van der Waals surface area (Å²) in [5.41, 5.74) is 1.71. The van der Waals surface area contributed by atoms with Crippen molar-refractivity contribution in [3.8, 4) is 0 Å².